The predicted molar refractivity (Wildman–Crippen MR) is 47.7 cm³/mol. The maximum Gasteiger partial charge on any atom is 0.156 e. The molecule has 0 aliphatic carbocycles. The van der Waals surface area contributed by atoms with Gasteiger partial charge in [-0.1, -0.05) is 23.2 Å². The summed E-state index contributed by atoms with van der Waals surface area (Å²) in [5.74, 6) is 0. The zero-order chi connectivity index (χ0) is 11.5. The van der Waals surface area contributed by atoms with Crippen LogP contribution in [0.5, 0.6) is 0 Å². The molecule has 0 amide bonds. The molecule has 0 aliphatic heterocycles. The molecule has 6 N–H and O–H groups in total. The van der Waals surface area contributed by atoms with Gasteiger partial charge in [0.2, 0.25) is 0 Å². The minimum absolute atomic E-state index is 1.81. The molecule has 0 aromatic rings. The van der Waals surface area contributed by atoms with Crippen molar-refractivity contribution in [3.8, 4) is 0 Å². The summed E-state index contributed by atoms with van der Waals surface area (Å²) in [4.78, 5) is 0. The van der Waals surface area contributed by atoms with E-state index < -0.39 is 35.5 Å². The van der Waals surface area contributed by atoms with E-state index in [1.54, 1.807) is 0 Å². The Kier molecular flexibility index (Phi) is 6.19. The molecule has 0 aliphatic rings. The van der Waals surface area contributed by atoms with Gasteiger partial charge in [-0.15, -0.1) is 0 Å². The fourth-order valence-corrected chi connectivity index (χ4v) is 1.03. The van der Waals surface area contributed by atoms with Gasteiger partial charge in [0.1, 0.15) is 24.4 Å². The Bertz CT molecular complexity index is 148. The number of halogens is 2. The number of hydrogen-bond acceptors (Lipinski definition) is 6. The molecule has 14 heavy (non-hydrogen) atoms. The molecule has 8 heteroatoms. The topological polar surface area (TPSA) is 121 Å². The summed E-state index contributed by atoms with van der Waals surface area (Å²) < 4.78 is 0. The summed E-state index contributed by atoms with van der Waals surface area (Å²) in [5.41, 5.74) is -3.61. The van der Waals surface area contributed by atoms with E-state index in [-0.39, 0.29) is 0 Å². The van der Waals surface area contributed by atoms with Gasteiger partial charge in [-0.05, 0) is 0 Å². The van der Waals surface area contributed by atoms with E-state index in [9.17, 15) is 0 Å². The molecule has 0 saturated carbocycles. The highest BCUT2D eigenvalue weighted by atomic mass is 35.5. The second kappa shape index (κ2) is 6.04. The van der Waals surface area contributed by atoms with Gasteiger partial charge in [-0.25, -0.2) is 0 Å². The molecule has 0 rings (SSSR count). The molecule has 0 fully saturated rings. The number of rotatable bonds is 5. The van der Waals surface area contributed by atoms with Crippen LogP contribution in [0.1, 0.15) is 0 Å². The highest BCUT2D eigenvalue weighted by Crippen LogP contribution is 2.13. The van der Waals surface area contributed by atoms with Crippen molar-refractivity contribution in [1.29, 1.82) is 0 Å². The average Bonchev–Trinajstić information content (AvgIpc) is 2.12. The van der Waals surface area contributed by atoms with Crippen LogP contribution in [0.2, 0.25) is 0 Å². The van der Waals surface area contributed by atoms with Gasteiger partial charge in [0, 0.05) is 0 Å². The van der Waals surface area contributed by atoms with Crippen molar-refractivity contribution in [2.75, 3.05) is 0 Å². The third kappa shape index (κ3) is 3.84. The summed E-state index contributed by atoms with van der Waals surface area (Å²) in [7, 11) is 0. The van der Waals surface area contributed by atoms with Crippen LogP contribution in [-0.4, -0.2) is 66.2 Å². The maximum atomic E-state index is 9.10. The van der Waals surface area contributed by atoms with Crippen LogP contribution in [0, 0.1) is 0 Å². The van der Waals surface area contributed by atoms with Gasteiger partial charge in [-0.3, -0.25) is 0 Å². The first-order valence-electron chi connectivity index (χ1n) is 3.65. The standard InChI is InChI=1S/C6H12Cl2O6/c7-5(13)3(11)1(9)2(10)4(12)6(8)14/h1-6,9-14H/t1-,2+,3-,4-,5+,6+/m0/s1. The summed E-state index contributed by atoms with van der Waals surface area (Å²) in [6, 6.07) is 0. The van der Waals surface area contributed by atoms with Gasteiger partial charge in [0.05, 0.1) is 0 Å². The lowest BCUT2D eigenvalue weighted by Gasteiger charge is -2.27. The SMILES string of the molecule is O[C@H]([C@H](O)[C@H](O)[C@@H](O)Cl)[C@H](O)[C@@H](O)Cl. The summed E-state index contributed by atoms with van der Waals surface area (Å²) in [6.07, 6.45) is -7.58. The first-order valence-corrected chi connectivity index (χ1v) is 4.53. The van der Waals surface area contributed by atoms with Crippen molar-refractivity contribution >= 4 is 23.2 Å². The normalized spacial score (nSPS) is 24.9. The lowest BCUT2D eigenvalue weighted by atomic mass is 10.0. The molecular weight excluding hydrogens is 239 g/mol. The van der Waals surface area contributed by atoms with Crippen molar-refractivity contribution in [1.82, 2.24) is 0 Å². The molecule has 0 radical (unpaired) electrons. The quantitative estimate of drug-likeness (QED) is 0.301. The van der Waals surface area contributed by atoms with Crippen LogP contribution in [0.3, 0.4) is 0 Å². The number of hydrogen-bond donors (Lipinski definition) is 6. The van der Waals surface area contributed by atoms with Crippen molar-refractivity contribution in [2.24, 2.45) is 0 Å². The number of aliphatic hydroxyl groups is 6. The molecule has 0 bridgehead atoms. The van der Waals surface area contributed by atoms with Crippen molar-refractivity contribution in [3.63, 3.8) is 0 Å². The average molecular weight is 251 g/mol. The maximum absolute atomic E-state index is 9.10. The fourth-order valence-electron chi connectivity index (χ4n) is 0.729. The predicted octanol–water partition coefficient (Wildman–Crippen LogP) is -2.46. The zero-order valence-corrected chi connectivity index (χ0v) is 8.42. The molecule has 86 valence electrons. The monoisotopic (exact) mass is 250 g/mol. The Morgan fingerprint density at radius 1 is 0.500 bits per heavy atom. The Labute approximate surface area is 89.9 Å². The molecule has 0 heterocycles. The first kappa shape index (κ1) is 14.3. The van der Waals surface area contributed by atoms with E-state index in [1.807, 2.05) is 0 Å². The van der Waals surface area contributed by atoms with E-state index >= 15 is 0 Å². The highest BCUT2D eigenvalue weighted by Gasteiger charge is 2.35. The number of aliphatic hydroxyl groups excluding tert-OH is 6. The van der Waals surface area contributed by atoms with Crippen LogP contribution in [0.15, 0.2) is 0 Å². The third-order valence-electron chi connectivity index (χ3n) is 1.61. The molecule has 6 atom stereocenters. The van der Waals surface area contributed by atoms with E-state index in [0.717, 1.165) is 0 Å². The van der Waals surface area contributed by atoms with Gasteiger partial charge in [-0.2, -0.15) is 0 Å². The van der Waals surface area contributed by atoms with Gasteiger partial charge in [0.15, 0.2) is 11.1 Å². The van der Waals surface area contributed by atoms with Gasteiger partial charge < -0.3 is 30.6 Å². The first-order chi connectivity index (χ1) is 6.29. The van der Waals surface area contributed by atoms with Crippen LogP contribution >= 0.6 is 23.2 Å². The van der Waals surface area contributed by atoms with Crippen molar-refractivity contribution in [3.05, 3.63) is 0 Å². The second-order valence-corrected chi connectivity index (χ2v) is 3.60. The van der Waals surface area contributed by atoms with Crippen LogP contribution in [0.4, 0.5) is 0 Å². The van der Waals surface area contributed by atoms with Gasteiger partial charge >= 0.3 is 0 Å². The van der Waals surface area contributed by atoms with E-state index in [0.29, 0.717) is 0 Å². The largest absolute Gasteiger partial charge is 0.387 e. The molecule has 6 nitrogen and oxygen atoms in total. The van der Waals surface area contributed by atoms with E-state index in [2.05, 4.69) is 0 Å². The Morgan fingerprint density at radius 3 is 0.857 bits per heavy atom. The van der Waals surface area contributed by atoms with Crippen molar-refractivity contribution < 1.29 is 30.6 Å². The van der Waals surface area contributed by atoms with Crippen LogP contribution in [-0.2, 0) is 0 Å². The minimum Gasteiger partial charge on any atom is -0.387 e. The van der Waals surface area contributed by atoms with Gasteiger partial charge in [0.25, 0.3) is 0 Å². The molecule has 0 spiro atoms. The Morgan fingerprint density at radius 2 is 0.714 bits per heavy atom. The number of alkyl halides is 2. The lowest BCUT2D eigenvalue weighted by molar-refractivity contribution is -0.133. The Hall–Kier alpha value is 0.340. The summed E-state index contributed by atoms with van der Waals surface area (Å²) in [6.45, 7) is 0. The smallest absolute Gasteiger partial charge is 0.156 e. The zero-order valence-electron chi connectivity index (χ0n) is 6.90. The van der Waals surface area contributed by atoms with E-state index in [4.69, 9.17) is 53.8 Å². The minimum atomic E-state index is -1.93. The Balaban J connectivity index is 4.30. The molecule has 0 aromatic heterocycles. The highest BCUT2D eigenvalue weighted by molar-refractivity contribution is 6.20. The van der Waals surface area contributed by atoms with E-state index in [1.165, 1.54) is 0 Å². The summed E-state index contributed by atoms with van der Waals surface area (Å²) in [5, 5.41) is 53.4. The second-order valence-electron chi connectivity index (χ2n) is 2.71. The lowest BCUT2D eigenvalue weighted by Crippen LogP contribution is -2.50. The molecule has 0 unspecified atom stereocenters. The molecule has 0 saturated heterocycles. The van der Waals surface area contributed by atoms with Crippen LogP contribution in [0.25, 0.3) is 0 Å². The van der Waals surface area contributed by atoms with Crippen molar-refractivity contribution in [2.45, 2.75) is 35.5 Å². The third-order valence-corrected chi connectivity index (χ3v) is 2.13. The fraction of sp³-hybridized carbons (Fsp3) is 1.00. The molecular formula is C6H12Cl2O6. The van der Waals surface area contributed by atoms with Crippen LogP contribution < -0.4 is 0 Å². The molecule has 0 aromatic carbocycles. The summed E-state index contributed by atoms with van der Waals surface area (Å²) >= 11 is 10.0.